The standard InChI is InChI=1S/C48H66N6O6/c1-7-13-16-31(10-4)25-34-28-37(19-22-40(34)43(55)56)49-46-52-47(50-38-20-23-41(44(57)58)35(29-38)26-32(11-5)17-14-8-2)54-48(53-46)51-39-21-24-42(45(59)60)36(30-39)27-33(12-6)18-15-9-3/h19-24,28-33H,7-18,25-27H2,1-6H3,(H,55,56)(H,57,58)(H,59,60)(H3,49,50,51,52,53,54)/p-3. The molecule has 60 heavy (non-hydrogen) atoms. The lowest BCUT2D eigenvalue weighted by molar-refractivity contribution is -0.256. The first-order valence-corrected chi connectivity index (χ1v) is 22.0. The summed E-state index contributed by atoms with van der Waals surface area (Å²) >= 11 is 0. The van der Waals surface area contributed by atoms with Crippen LogP contribution in [0.2, 0.25) is 0 Å². The Kier molecular flexibility index (Phi) is 18.8. The van der Waals surface area contributed by atoms with Crippen LogP contribution in [0.5, 0.6) is 0 Å². The zero-order chi connectivity index (χ0) is 43.6. The Hall–Kier alpha value is -5.52. The fraction of sp³-hybridized carbons (Fsp3) is 0.500. The third kappa shape index (κ3) is 14.1. The molecule has 1 aromatic heterocycles. The summed E-state index contributed by atoms with van der Waals surface area (Å²) in [7, 11) is 0. The van der Waals surface area contributed by atoms with E-state index in [9.17, 15) is 29.7 Å². The molecule has 4 aromatic rings. The average molecular weight is 820 g/mol. The van der Waals surface area contributed by atoms with Gasteiger partial charge < -0.3 is 45.7 Å². The monoisotopic (exact) mass is 819 g/mol. The summed E-state index contributed by atoms with van der Waals surface area (Å²) in [6, 6.07) is 14.9. The number of carbonyl (C=O) groups excluding carboxylic acids is 3. The summed E-state index contributed by atoms with van der Waals surface area (Å²) in [5.74, 6) is -2.34. The van der Waals surface area contributed by atoms with E-state index in [-0.39, 0.29) is 34.5 Å². The number of anilines is 6. The van der Waals surface area contributed by atoms with Crippen LogP contribution in [0.15, 0.2) is 54.6 Å². The molecule has 0 fully saturated rings. The second-order valence-electron chi connectivity index (χ2n) is 16.0. The number of nitrogens with zero attached hydrogens (tertiary/aromatic N) is 3. The van der Waals surface area contributed by atoms with Crippen LogP contribution in [0, 0.1) is 17.8 Å². The summed E-state index contributed by atoms with van der Waals surface area (Å²) in [6.45, 7) is 12.8. The van der Waals surface area contributed by atoms with Gasteiger partial charge in [-0.05, 0) is 90.1 Å². The fourth-order valence-corrected chi connectivity index (χ4v) is 7.81. The number of aromatic nitrogens is 3. The maximum Gasteiger partial charge on any atom is 0.233 e. The van der Waals surface area contributed by atoms with Gasteiger partial charge in [0, 0.05) is 33.8 Å². The van der Waals surface area contributed by atoms with E-state index in [2.05, 4.69) is 72.4 Å². The van der Waals surface area contributed by atoms with Gasteiger partial charge in [-0.3, -0.25) is 0 Å². The smallest absolute Gasteiger partial charge is 0.233 e. The topological polar surface area (TPSA) is 195 Å². The number of carbonyl (C=O) groups is 3. The summed E-state index contributed by atoms with van der Waals surface area (Å²) in [4.78, 5) is 50.5. The quantitative estimate of drug-likeness (QED) is 0.0520. The Balaban J connectivity index is 1.77. The predicted octanol–water partition coefficient (Wildman–Crippen LogP) is 8.47. The number of carboxylic acids is 3. The van der Waals surface area contributed by atoms with Gasteiger partial charge in [0.05, 0.1) is 17.9 Å². The number of hydrogen-bond donors (Lipinski definition) is 3. The molecule has 0 aliphatic carbocycles. The summed E-state index contributed by atoms with van der Waals surface area (Å²) in [5.41, 5.74) is 4.10. The van der Waals surface area contributed by atoms with Gasteiger partial charge in [0.2, 0.25) is 17.8 Å². The van der Waals surface area contributed by atoms with Crippen molar-refractivity contribution in [3.8, 4) is 0 Å². The molecular formula is C48H63N6O6-3. The van der Waals surface area contributed by atoms with Gasteiger partial charge in [-0.2, -0.15) is 15.0 Å². The summed E-state index contributed by atoms with van der Waals surface area (Å²) in [5, 5.41) is 46.2. The molecule has 0 aliphatic rings. The number of benzene rings is 3. The van der Waals surface area contributed by atoms with Crippen molar-refractivity contribution in [2.24, 2.45) is 17.8 Å². The minimum atomic E-state index is -1.24. The molecule has 12 nitrogen and oxygen atoms in total. The molecule has 3 N–H and O–H groups in total. The van der Waals surface area contributed by atoms with Gasteiger partial charge in [-0.25, -0.2) is 0 Å². The Morgan fingerprint density at radius 3 is 0.950 bits per heavy atom. The number of hydrogen-bond acceptors (Lipinski definition) is 12. The zero-order valence-electron chi connectivity index (χ0n) is 36.3. The maximum absolute atomic E-state index is 12.2. The van der Waals surface area contributed by atoms with E-state index in [1.165, 1.54) is 18.2 Å². The average Bonchev–Trinajstić information content (AvgIpc) is 3.22. The van der Waals surface area contributed by atoms with Crippen molar-refractivity contribution in [3.63, 3.8) is 0 Å². The summed E-state index contributed by atoms with van der Waals surface area (Å²) in [6.07, 6.45) is 13.8. The highest BCUT2D eigenvalue weighted by Gasteiger charge is 2.17. The van der Waals surface area contributed by atoms with Crippen LogP contribution in [-0.2, 0) is 19.3 Å². The first-order chi connectivity index (χ1) is 28.9. The molecule has 4 rings (SSSR count). The first kappa shape index (κ1) is 47.2. The van der Waals surface area contributed by atoms with Crippen LogP contribution in [0.25, 0.3) is 0 Å². The van der Waals surface area contributed by atoms with E-state index in [0.717, 1.165) is 77.0 Å². The first-order valence-electron chi connectivity index (χ1n) is 22.0. The van der Waals surface area contributed by atoms with Crippen molar-refractivity contribution in [1.29, 1.82) is 0 Å². The van der Waals surface area contributed by atoms with Crippen LogP contribution >= 0.6 is 0 Å². The number of rotatable bonds is 27. The largest absolute Gasteiger partial charge is 0.545 e. The molecule has 0 radical (unpaired) electrons. The van der Waals surface area contributed by atoms with Gasteiger partial charge in [-0.15, -0.1) is 0 Å². The molecule has 0 bridgehead atoms. The Morgan fingerprint density at radius 1 is 0.467 bits per heavy atom. The number of unbranched alkanes of at least 4 members (excludes halogenated alkanes) is 3. The van der Waals surface area contributed by atoms with Gasteiger partial charge >= 0.3 is 0 Å². The zero-order valence-corrected chi connectivity index (χ0v) is 36.3. The molecule has 3 unspecified atom stereocenters. The van der Waals surface area contributed by atoms with E-state index in [4.69, 9.17) is 0 Å². The van der Waals surface area contributed by atoms with E-state index in [0.29, 0.717) is 70.8 Å². The number of carboxylic acid groups (broad SMARTS) is 3. The Morgan fingerprint density at radius 2 is 0.733 bits per heavy atom. The molecule has 3 atom stereocenters. The molecule has 324 valence electrons. The third-order valence-electron chi connectivity index (χ3n) is 11.5. The van der Waals surface area contributed by atoms with Crippen molar-refractivity contribution in [2.45, 2.75) is 138 Å². The lowest BCUT2D eigenvalue weighted by atomic mass is 9.89. The molecule has 0 aliphatic heterocycles. The van der Waals surface area contributed by atoms with E-state index < -0.39 is 17.9 Å². The second-order valence-corrected chi connectivity index (χ2v) is 16.0. The number of nitrogens with one attached hydrogen (secondary N) is 3. The molecule has 12 heteroatoms. The lowest BCUT2D eigenvalue weighted by Crippen LogP contribution is -2.24. The highest BCUT2D eigenvalue weighted by molar-refractivity contribution is 5.90. The SMILES string of the molecule is CCCCC(CC)Cc1cc(Nc2nc(Nc3ccc(C(=O)[O-])c(CC(CC)CCCC)c3)nc(Nc3ccc(C(=O)[O-])c(CC(CC)CCCC)c3)n2)ccc1C(=O)[O-]. The maximum atomic E-state index is 12.2. The predicted molar refractivity (Wildman–Crippen MR) is 233 cm³/mol. The minimum absolute atomic E-state index is 0.141. The van der Waals surface area contributed by atoms with Crippen LogP contribution in [-0.4, -0.2) is 32.9 Å². The van der Waals surface area contributed by atoms with Gasteiger partial charge in [-0.1, -0.05) is 137 Å². The van der Waals surface area contributed by atoms with E-state index >= 15 is 0 Å². The van der Waals surface area contributed by atoms with Crippen LogP contribution in [0.4, 0.5) is 34.9 Å². The molecule has 1 heterocycles. The van der Waals surface area contributed by atoms with Crippen LogP contribution < -0.4 is 31.3 Å². The second kappa shape index (κ2) is 23.9. The highest BCUT2D eigenvalue weighted by atomic mass is 16.4. The van der Waals surface area contributed by atoms with Crippen molar-refractivity contribution < 1.29 is 29.7 Å². The molecule has 0 spiro atoms. The van der Waals surface area contributed by atoms with Crippen molar-refractivity contribution in [3.05, 3.63) is 88.0 Å². The van der Waals surface area contributed by atoms with E-state index in [1.807, 2.05) is 0 Å². The Bertz CT molecular complexity index is 1800. The van der Waals surface area contributed by atoms with Gasteiger partial charge in [0.1, 0.15) is 0 Å². The van der Waals surface area contributed by atoms with Gasteiger partial charge in [0.15, 0.2) is 0 Å². The fourth-order valence-electron chi connectivity index (χ4n) is 7.81. The third-order valence-corrected chi connectivity index (χ3v) is 11.5. The number of aromatic carboxylic acids is 3. The lowest BCUT2D eigenvalue weighted by Gasteiger charge is -2.20. The Labute approximate surface area is 356 Å². The molecule has 0 saturated carbocycles. The van der Waals surface area contributed by atoms with Crippen LogP contribution in [0.1, 0.15) is 166 Å². The molecule has 3 aromatic carbocycles. The van der Waals surface area contributed by atoms with Crippen LogP contribution in [0.3, 0.4) is 0 Å². The minimum Gasteiger partial charge on any atom is -0.545 e. The normalized spacial score (nSPS) is 12.7. The van der Waals surface area contributed by atoms with Crippen molar-refractivity contribution in [2.75, 3.05) is 16.0 Å². The molecule has 0 amide bonds. The highest BCUT2D eigenvalue weighted by Crippen LogP contribution is 2.30. The van der Waals surface area contributed by atoms with Gasteiger partial charge in [0.25, 0.3) is 0 Å². The van der Waals surface area contributed by atoms with Crippen molar-refractivity contribution >= 4 is 52.8 Å². The van der Waals surface area contributed by atoms with E-state index in [1.54, 1.807) is 36.4 Å². The van der Waals surface area contributed by atoms with Crippen molar-refractivity contribution in [1.82, 2.24) is 15.0 Å². The summed E-state index contributed by atoms with van der Waals surface area (Å²) < 4.78 is 0. The molecular weight excluding hydrogens is 757 g/mol. The molecule has 0 saturated heterocycles.